The molecule has 0 amide bonds. The molecule has 2 N–H and O–H groups in total. The SMILES string of the molecule is Cc1ccccc1NC(CO)c1cccc(Cl)c1. The molecule has 94 valence electrons. The number of aryl methyl sites for hydroxylation is 1. The first-order chi connectivity index (χ1) is 8.70. The van der Waals surface area contributed by atoms with Gasteiger partial charge in [-0.15, -0.1) is 0 Å². The highest BCUT2D eigenvalue weighted by Crippen LogP contribution is 2.23. The molecule has 1 atom stereocenters. The molecule has 2 aromatic carbocycles. The standard InChI is InChI=1S/C15H16ClNO/c1-11-5-2-3-8-14(11)17-15(10-18)12-6-4-7-13(16)9-12/h2-9,15,17-18H,10H2,1H3. The molecular formula is C15H16ClNO. The van der Waals surface area contributed by atoms with Crippen molar-refractivity contribution in [2.45, 2.75) is 13.0 Å². The third-order valence-corrected chi connectivity index (χ3v) is 3.14. The van der Waals surface area contributed by atoms with Crippen LogP contribution in [-0.2, 0) is 0 Å². The molecule has 0 spiro atoms. The lowest BCUT2D eigenvalue weighted by Crippen LogP contribution is -2.15. The summed E-state index contributed by atoms with van der Waals surface area (Å²) in [4.78, 5) is 0. The number of anilines is 1. The highest BCUT2D eigenvalue weighted by molar-refractivity contribution is 6.30. The van der Waals surface area contributed by atoms with Crippen molar-refractivity contribution in [1.29, 1.82) is 0 Å². The summed E-state index contributed by atoms with van der Waals surface area (Å²) in [5.41, 5.74) is 3.16. The van der Waals surface area contributed by atoms with Crippen molar-refractivity contribution in [3.8, 4) is 0 Å². The van der Waals surface area contributed by atoms with Gasteiger partial charge in [-0.05, 0) is 36.2 Å². The highest BCUT2D eigenvalue weighted by Gasteiger charge is 2.11. The molecule has 0 aliphatic carbocycles. The number of rotatable bonds is 4. The molecule has 2 aromatic rings. The van der Waals surface area contributed by atoms with Crippen LogP contribution in [0.25, 0.3) is 0 Å². The molecule has 2 rings (SSSR count). The molecule has 3 heteroatoms. The van der Waals surface area contributed by atoms with Crippen molar-refractivity contribution < 1.29 is 5.11 Å². The predicted octanol–water partition coefficient (Wildman–Crippen LogP) is 3.79. The van der Waals surface area contributed by atoms with E-state index in [1.807, 2.05) is 55.5 Å². The number of halogens is 1. The molecular weight excluding hydrogens is 246 g/mol. The number of hydrogen-bond acceptors (Lipinski definition) is 2. The Morgan fingerprint density at radius 1 is 1.17 bits per heavy atom. The predicted molar refractivity (Wildman–Crippen MR) is 76.1 cm³/mol. The maximum absolute atomic E-state index is 9.52. The van der Waals surface area contributed by atoms with Gasteiger partial charge in [-0.3, -0.25) is 0 Å². The number of benzene rings is 2. The van der Waals surface area contributed by atoms with Gasteiger partial charge in [0.15, 0.2) is 0 Å². The Kier molecular flexibility index (Phi) is 4.24. The molecule has 0 heterocycles. The maximum atomic E-state index is 9.52. The van der Waals surface area contributed by atoms with Crippen LogP contribution >= 0.6 is 11.6 Å². The Balaban J connectivity index is 2.23. The van der Waals surface area contributed by atoms with Gasteiger partial charge in [0.1, 0.15) is 0 Å². The van der Waals surface area contributed by atoms with E-state index < -0.39 is 0 Å². The molecule has 1 unspecified atom stereocenters. The van der Waals surface area contributed by atoms with Crippen LogP contribution < -0.4 is 5.32 Å². The summed E-state index contributed by atoms with van der Waals surface area (Å²) in [5.74, 6) is 0. The van der Waals surface area contributed by atoms with E-state index in [0.717, 1.165) is 16.8 Å². The zero-order valence-electron chi connectivity index (χ0n) is 10.2. The normalized spacial score (nSPS) is 12.2. The zero-order valence-corrected chi connectivity index (χ0v) is 11.0. The van der Waals surface area contributed by atoms with Crippen LogP contribution in [0.1, 0.15) is 17.2 Å². The van der Waals surface area contributed by atoms with Gasteiger partial charge in [-0.2, -0.15) is 0 Å². The van der Waals surface area contributed by atoms with Crippen LogP contribution in [0.3, 0.4) is 0 Å². The van der Waals surface area contributed by atoms with Crippen LogP contribution in [0.15, 0.2) is 48.5 Å². The minimum atomic E-state index is -0.148. The Bertz CT molecular complexity index is 527. The quantitative estimate of drug-likeness (QED) is 0.878. The van der Waals surface area contributed by atoms with E-state index in [-0.39, 0.29) is 12.6 Å². The molecule has 0 saturated carbocycles. The number of aliphatic hydroxyl groups excluding tert-OH is 1. The summed E-state index contributed by atoms with van der Waals surface area (Å²) in [7, 11) is 0. The van der Waals surface area contributed by atoms with Crippen LogP contribution in [0.4, 0.5) is 5.69 Å². The first-order valence-electron chi connectivity index (χ1n) is 5.89. The zero-order chi connectivity index (χ0) is 13.0. The van der Waals surface area contributed by atoms with E-state index in [2.05, 4.69) is 5.32 Å². The van der Waals surface area contributed by atoms with Crippen molar-refractivity contribution in [1.82, 2.24) is 0 Å². The molecule has 0 aliphatic rings. The topological polar surface area (TPSA) is 32.3 Å². The average Bonchev–Trinajstić information content (AvgIpc) is 2.38. The molecule has 0 aromatic heterocycles. The van der Waals surface area contributed by atoms with Crippen molar-refractivity contribution in [3.05, 3.63) is 64.7 Å². The minimum Gasteiger partial charge on any atom is -0.394 e. The Labute approximate surface area is 112 Å². The van der Waals surface area contributed by atoms with Crippen molar-refractivity contribution in [2.75, 3.05) is 11.9 Å². The minimum absolute atomic E-state index is 0.0225. The van der Waals surface area contributed by atoms with E-state index >= 15 is 0 Å². The van der Waals surface area contributed by atoms with Gasteiger partial charge >= 0.3 is 0 Å². The summed E-state index contributed by atoms with van der Waals surface area (Å²) in [6.45, 7) is 2.06. The van der Waals surface area contributed by atoms with E-state index in [9.17, 15) is 5.11 Å². The average molecular weight is 262 g/mol. The summed E-state index contributed by atoms with van der Waals surface area (Å²) in [5, 5.41) is 13.5. The molecule has 2 nitrogen and oxygen atoms in total. The monoisotopic (exact) mass is 261 g/mol. The second kappa shape index (κ2) is 5.89. The Morgan fingerprint density at radius 2 is 1.94 bits per heavy atom. The van der Waals surface area contributed by atoms with E-state index in [1.165, 1.54) is 0 Å². The summed E-state index contributed by atoms with van der Waals surface area (Å²) >= 11 is 5.97. The number of hydrogen-bond donors (Lipinski definition) is 2. The fourth-order valence-electron chi connectivity index (χ4n) is 1.88. The second-order valence-corrected chi connectivity index (χ2v) is 4.69. The van der Waals surface area contributed by atoms with E-state index in [4.69, 9.17) is 11.6 Å². The van der Waals surface area contributed by atoms with Gasteiger partial charge in [0, 0.05) is 10.7 Å². The van der Waals surface area contributed by atoms with Crippen LogP contribution in [-0.4, -0.2) is 11.7 Å². The summed E-state index contributed by atoms with van der Waals surface area (Å²) < 4.78 is 0. The third-order valence-electron chi connectivity index (χ3n) is 2.91. The smallest absolute Gasteiger partial charge is 0.0745 e. The van der Waals surface area contributed by atoms with Crippen molar-refractivity contribution in [3.63, 3.8) is 0 Å². The number of nitrogens with one attached hydrogen (secondary N) is 1. The van der Waals surface area contributed by atoms with Gasteiger partial charge < -0.3 is 10.4 Å². The number of aliphatic hydroxyl groups is 1. The largest absolute Gasteiger partial charge is 0.394 e. The lowest BCUT2D eigenvalue weighted by molar-refractivity contribution is 0.276. The second-order valence-electron chi connectivity index (χ2n) is 4.25. The maximum Gasteiger partial charge on any atom is 0.0745 e. The Morgan fingerprint density at radius 3 is 2.61 bits per heavy atom. The first kappa shape index (κ1) is 12.9. The van der Waals surface area contributed by atoms with Gasteiger partial charge in [0.2, 0.25) is 0 Å². The molecule has 0 fully saturated rings. The molecule has 0 radical (unpaired) electrons. The Hall–Kier alpha value is -1.51. The summed E-state index contributed by atoms with van der Waals surface area (Å²) in [6, 6.07) is 15.4. The molecule has 0 saturated heterocycles. The van der Waals surface area contributed by atoms with Gasteiger partial charge in [0.05, 0.1) is 12.6 Å². The van der Waals surface area contributed by atoms with Gasteiger partial charge in [0.25, 0.3) is 0 Å². The fraction of sp³-hybridized carbons (Fsp3) is 0.200. The van der Waals surface area contributed by atoms with Crippen molar-refractivity contribution >= 4 is 17.3 Å². The van der Waals surface area contributed by atoms with Crippen LogP contribution in [0.5, 0.6) is 0 Å². The molecule has 18 heavy (non-hydrogen) atoms. The number of para-hydroxylation sites is 1. The molecule has 0 aliphatic heterocycles. The summed E-state index contributed by atoms with van der Waals surface area (Å²) in [6.07, 6.45) is 0. The highest BCUT2D eigenvalue weighted by atomic mass is 35.5. The lowest BCUT2D eigenvalue weighted by atomic mass is 10.1. The van der Waals surface area contributed by atoms with E-state index in [0.29, 0.717) is 5.02 Å². The fourth-order valence-corrected chi connectivity index (χ4v) is 2.08. The van der Waals surface area contributed by atoms with Crippen LogP contribution in [0.2, 0.25) is 5.02 Å². The van der Waals surface area contributed by atoms with Crippen LogP contribution in [0, 0.1) is 6.92 Å². The van der Waals surface area contributed by atoms with Crippen molar-refractivity contribution in [2.24, 2.45) is 0 Å². The van der Waals surface area contributed by atoms with Gasteiger partial charge in [-0.25, -0.2) is 0 Å². The lowest BCUT2D eigenvalue weighted by Gasteiger charge is -2.19. The third kappa shape index (κ3) is 3.03. The van der Waals surface area contributed by atoms with Gasteiger partial charge in [-0.1, -0.05) is 41.9 Å². The molecule has 0 bridgehead atoms. The van der Waals surface area contributed by atoms with E-state index in [1.54, 1.807) is 0 Å². The first-order valence-corrected chi connectivity index (χ1v) is 6.27.